The van der Waals surface area contributed by atoms with Gasteiger partial charge in [-0.25, -0.2) is 0 Å². The van der Waals surface area contributed by atoms with Gasteiger partial charge in [0.15, 0.2) is 0 Å². The van der Waals surface area contributed by atoms with E-state index in [1.807, 2.05) is 12.1 Å². The Morgan fingerprint density at radius 3 is 3.00 bits per heavy atom. The van der Waals surface area contributed by atoms with Gasteiger partial charge < -0.3 is 9.73 Å². The molecule has 19 heavy (non-hydrogen) atoms. The van der Waals surface area contributed by atoms with Gasteiger partial charge in [0.05, 0.1) is 0 Å². The molecule has 2 nitrogen and oxygen atoms in total. The second-order valence-corrected chi connectivity index (χ2v) is 7.32. The third-order valence-corrected chi connectivity index (χ3v) is 5.54. The molecule has 3 rings (SSSR count). The molecule has 1 aliphatic rings. The topological polar surface area (TPSA) is 25.2 Å². The van der Waals surface area contributed by atoms with E-state index in [2.05, 4.69) is 43.1 Å². The summed E-state index contributed by atoms with van der Waals surface area (Å²) in [5.74, 6) is 2.35. The predicted molar refractivity (Wildman–Crippen MR) is 82.8 cm³/mol. The summed E-state index contributed by atoms with van der Waals surface area (Å²) in [5, 5.41) is 4.87. The Kier molecular flexibility index (Phi) is 3.59. The number of para-hydroxylation sites is 1. The van der Waals surface area contributed by atoms with E-state index in [1.165, 1.54) is 29.5 Å². The lowest BCUT2D eigenvalue weighted by molar-refractivity contribution is 0.527. The zero-order valence-electron chi connectivity index (χ0n) is 11.7. The minimum Gasteiger partial charge on any atom is -0.461 e. The number of rotatable bonds is 4. The van der Waals surface area contributed by atoms with Crippen LogP contribution in [-0.2, 0) is 6.54 Å². The number of furan rings is 1. The van der Waals surface area contributed by atoms with Gasteiger partial charge in [-0.3, -0.25) is 0 Å². The fourth-order valence-electron chi connectivity index (χ4n) is 2.87. The summed E-state index contributed by atoms with van der Waals surface area (Å²) in [6, 6.07) is 8.29. The van der Waals surface area contributed by atoms with Crippen LogP contribution in [0.3, 0.4) is 0 Å². The van der Waals surface area contributed by atoms with Gasteiger partial charge in [0.2, 0.25) is 0 Å². The molecule has 0 bridgehead atoms. The first kappa shape index (κ1) is 13.1. The van der Waals surface area contributed by atoms with Crippen LogP contribution < -0.4 is 5.32 Å². The predicted octanol–water partition coefficient (Wildman–Crippen LogP) is 4.12. The van der Waals surface area contributed by atoms with Crippen molar-refractivity contribution >= 4 is 22.7 Å². The molecule has 0 saturated carbocycles. The SMILES string of the molecule is Cc1oc2ccccc2c1CNCC1(C)CCCS1. The lowest BCUT2D eigenvalue weighted by atomic mass is 10.1. The number of hydrogen-bond donors (Lipinski definition) is 1. The fraction of sp³-hybridized carbons (Fsp3) is 0.500. The van der Waals surface area contributed by atoms with E-state index >= 15 is 0 Å². The van der Waals surface area contributed by atoms with Gasteiger partial charge in [-0.05, 0) is 38.5 Å². The van der Waals surface area contributed by atoms with Gasteiger partial charge >= 0.3 is 0 Å². The average Bonchev–Trinajstić information content (AvgIpc) is 2.95. The molecule has 102 valence electrons. The van der Waals surface area contributed by atoms with Gasteiger partial charge in [-0.2, -0.15) is 11.8 Å². The van der Waals surface area contributed by atoms with E-state index in [0.29, 0.717) is 4.75 Å². The Balaban J connectivity index is 1.70. The van der Waals surface area contributed by atoms with Gasteiger partial charge in [0, 0.05) is 28.8 Å². The van der Waals surface area contributed by atoms with E-state index < -0.39 is 0 Å². The molecule has 0 aliphatic carbocycles. The van der Waals surface area contributed by atoms with Crippen molar-refractivity contribution in [3.8, 4) is 0 Å². The van der Waals surface area contributed by atoms with Gasteiger partial charge in [0.1, 0.15) is 11.3 Å². The standard InChI is InChI=1S/C16H21NOS/c1-12-14(13-6-3-4-7-15(13)18-12)10-17-11-16(2)8-5-9-19-16/h3-4,6-7,17H,5,8-11H2,1-2H3. The quantitative estimate of drug-likeness (QED) is 0.908. The minimum absolute atomic E-state index is 0.424. The van der Waals surface area contributed by atoms with Crippen LogP contribution in [-0.4, -0.2) is 17.0 Å². The second kappa shape index (κ2) is 5.22. The lowest BCUT2D eigenvalue weighted by Crippen LogP contribution is -2.32. The maximum atomic E-state index is 5.80. The number of aryl methyl sites for hydroxylation is 1. The first-order valence-electron chi connectivity index (χ1n) is 7.00. The third kappa shape index (κ3) is 2.67. The zero-order valence-corrected chi connectivity index (χ0v) is 12.5. The van der Waals surface area contributed by atoms with Crippen molar-refractivity contribution in [3.63, 3.8) is 0 Å². The molecule has 1 atom stereocenters. The lowest BCUT2D eigenvalue weighted by Gasteiger charge is -2.22. The van der Waals surface area contributed by atoms with Crippen molar-refractivity contribution in [1.29, 1.82) is 0 Å². The van der Waals surface area contributed by atoms with Crippen LogP contribution in [0.1, 0.15) is 31.1 Å². The number of hydrogen-bond acceptors (Lipinski definition) is 3. The van der Waals surface area contributed by atoms with Crippen molar-refractivity contribution in [3.05, 3.63) is 35.6 Å². The van der Waals surface area contributed by atoms with E-state index in [1.54, 1.807) is 0 Å². The van der Waals surface area contributed by atoms with Crippen LogP contribution in [0.4, 0.5) is 0 Å². The molecule has 1 saturated heterocycles. The minimum atomic E-state index is 0.424. The Hall–Kier alpha value is -0.930. The van der Waals surface area contributed by atoms with Crippen molar-refractivity contribution in [2.75, 3.05) is 12.3 Å². The summed E-state index contributed by atoms with van der Waals surface area (Å²) in [6.45, 7) is 6.41. The molecule has 1 aromatic carbocycles. The summed E-state index contributed by atoms with van der Waals surface area (Å²) in [4.78, 5) is 0. The van der Waals surface area contributed by atoms with Crippen LogP contribution >= 0.6 is 11.8 Å². The number of benzene rings is 1. The number of fused-ring (bicyclic) bond motifs is 1. The molecular formula is C16H21NOS. The van der Waals surface area contributed by atoms with Gasteiger partial charge in [-0.1, -0.05) is 18.2 Å². The van der Waals surface area contributed by atoms with Gasteiger partial charge in [0.25, 0.3) is 0 Å². The van der Waals surface area contributed by atoms with Gasteiger partial charge in [-0.15, -0.1) is 0 Å². The Morgan fingerprint density at radius 2 is 2.21 bits per heavy atom. The van der Waals surface area contributed by atoms with Crippen LogP contribution in [0, 0.1) is 6.92 Å². The highest BCUT2D eigenvalue weighted by Gasteiger charge is 2.28. The molecule has 1 N–H and O–H groups in total. The largest absolute Gasteiger partial charge is 0.461 e. The van der Waals surface area contributed by atoms with E-state index in [4.69, 9.17) is 4.42 Å². The summed E-state index contributed by atoms with van der Waals surface area (Å²) in [6.07, 6.45) is 2.69. The Bertz CT molecular complexity index is 569. The third-order valence-electron chi connectivity index (χ3n) is 4.00. The fourth-order valence-corrected chi connectivity index (χ4v) is 4.14. The molecule has 0 spiro atoms. The summed E-state index contributed by atoms with van der Waals surface area (Å²) < 4.78 is 6.23. The molecule has 0 radical (unpaired) electrons. The van der Waals surface area contributed by atoms with Crippen LogP contribution in [0.15, 0.2) is 28.7 Å². The molecule has 3 heteroatoms. The molecule has 1 aromatic heterocycles. The highest BCUT2D eigenvalue weighted by Crippen LogP contribution is 2.37. The first-order valence-corrected chi connectivity index (χ1v) is 7.98. The Labute approximate surface area is 118 Å². The normalized spacial score (nSPS) is 23.3. The highest BCUT2D eigenvalue weighted by molar-refractivity contribution is 8.00. The van der Waals surface area contributed by atoms with Crippen LogP contribution in [0.2, 0.25) is 0 Å². The van der Waals surface area contributed by atoms with Crippen molar-refractivity contribution in [2.24, 2.45) is 0 Å². The molecule has 1 unspecified atom stereocenters. The molecule has 1 aliphatic heterocycles. The number of nitrogens with one attached hydrogen (secondary N) is 1. The average molecular weight is 275 g/mol. The van der Waals surface area contributed by atoms with Crippen LogP contribution in [0.25, 0.3) is 11.0 Å². The van der Waals surface area contributed by atoms with Crippen molar-refractivity contribution in [1.82, 2.24) is 5.32 Å². The smallest absolute Gasteiger partial charge is 0.134 e. The van der Waals surface area contributed by atoms with Crippen LogP contribution in [0.5, 0.6) is 0 Å². The highest BCUT2D eigenvalue weighted by atomic mass is 32.2. The molecule has 0 amide bonds. The monoisotopic (exact) mass is 275 g/mol. The molecule has 1 fully saturated rings. The van der Waals surface area contributed by atoms with E-state index in [9.17, 15) is 0 Å². The molecule has 2 heterocycles. The molecule has 2 aromatic rings. The first-order chi connectivity index (χ1) is 9.18. The summed E-state index contributed by atoms with van der Waals surface area (Å²) in [7, 11) is 0. The van der Waals surface area contributed by atoms with E-state index in [0.717, 1.165) is 24.4 Å². The molecular weight excluding hydrogens is 254 g/mol. The number of thioether (sulfide) groups is 1. The Morgan fingerprint density at radius 1 is 1.37 bits per heavy atom. The second-order valence-electron chi connectivity index (χ2n) is 5.64. The van der Waals surface area contributed by atoms with Crippen molar-refractivity contribution < 1.29 is 4.42 Å². The van der Waals surface area contributed by atoms with Crippen molar-refractivity contribution in [2.45, 2.75) is 38.0 Å². The zero-order chi connectivity index (χ0) is 13.3. The van der Waals surface area contributed by atoms with E-state index in [-0.39, 0.29) is 0 Å². The summed E-state index contributed by atoms with van der Waals surface area (Å²) >= 11 is 2.10. The maximum Gasteiger partial charge on any atom is 0.134 e. The maximum absolute atomic E-state index is 5.80. The summed E-state index contributed by atoms with van der Waals surface area (Å²) in [5.41, 5.74) is 2.31.